The number of oxime groups is 1. The van der Waals surface area contributed by atoms with Gasteiger partial charge in [0.25, 0.3) is 5.91 Å². The molecule has 0 radical (unpaired) electrons. The molecule has 0 atom stereocenters. The number of amides is 1. The van der Waals surface area contributed by atoms with Gasteiger partial charge in [-0.25, -0.2) is 5.43 Å². The molecule has 0 aliphatic heterocycles. The molecule has 2 aromatic rings. The lowest BCUT2D eigenvalue weighted by Gasteiger charge is -2.03. The molecule has 2 N–H and O–H groups in total. The Morgan fingerprint density at radius 1 is 1.05 bits per heavy atom. The molecule has 5 nitrogen and oxygen atoms in total. The second-order valence-electron chi connectivity index (χ2n) is 4.06. The van der Waals surface area contributed by atoms with Crippen molar-refractivity contribution in [2.75, 3.05) is 0 Å². The van der Waals surface area contributed by atoms with E-state index in [9.17, 15) is 4.79 Å². The highest BCUT2D eigenvalue weighted by Gasteiger charge is 2.06. The first-order valence-corrected chi connectivity index (χ1v) is 6.45. The van der Waals surface area contributed by atoms with Gasteiger partial charge in [0.1, 0.15) is 5.71 Å². The lowest BCUT2D eigenvalue weighted by atomic mass is 10.1. The van der Waals surface area contributed by atoms with Gasteiger partial charge in [-0.05, 0) is 24.3 Å². The van der Waals surface area contributed by atoms with Crippen LogP contribution >= 0.6 is 11.6 Å². The lowest BCUT2D eigenvalue weighted by molar-refractivity contribution is 0.0955. The van der Waals surface area contributed by atoms with Crippen molar-refractivity contribution in [1.29, 1.82) is 0 Å². The van der Waals surface area contributed by atoms with Crippen LogP contribution in [0.5, 0.6) is 0 Å². The molecule has 106 valence electrons. The number of hydrogen-bond acceptors (Lipinski definition) is 4. The summed E-state index contributed by atoms with van der Waals surface area (Å²) in [6, 6.07) is 15.5. The molecule has 0 aliphatic rings. The Kier molecular flexibility index (Phi) is 5.06. The highest BCUT2D eigenvalue weighted by Crippen LogP contribution is 2.09. The number of hydrazone groups is 1. The smallest absolute Gasteiger partial charge is 0.271 e. The first-order chi connectivity index (χ1) is 10.2. The Morgan fingerprint density at radius 2 is 1.71 bits per heavy atom. The molecule has 2 aromatic carbocycles. The van der Waals surface area contributed by atoms with Crippen LogP contribution in [0.15, 0.2) is 64.9 Å². The zero-order valence-electron chi connectivity index (χ0n) is 10.9. The van der Waals surface area contributed by atoms with Gasteiger partial charge in [0.2, 0.25) is 0 Å². The predicted octanol–water partition coefficient (Wildman–Crippen LogP) is 2.93. The maximum Gasteiger partial charge on any atom is 0.271 e. The van der Waals surface area contributed by atoms with E-state index in [0.29, 0.717) is 21.9 Å². The van der Waals surface area contributed by atoms with E-state index in [2.05, 4.69) is 15.7 Å². The topological polar surface area (TPSA) is 74.0 Å². The summed E-state index contributed by atoms with van der Waals surface area (Å²) in [4.78, 5) is 11.9. The summed E-state index contributed by atoms with van der Waals surface area (Å²) in [5, 5.41) is 16.1. The molecule has 0 saturated heterocycles. The van der Waals surface area contributed by atoms with Gasteiger partial charge in [-0.2, -0.15) is 5.10 Å². The molecular weight excluding hydrogens is 290 g/mol. The number of rotatable bonds is 4. The summed E-state index contributed by atoms with van der Waals surface area (Å²) in [6.07, 6.45) is 1.15. The maximum absolute atomic E-state index is 11.9. The number of hydrogen-bond donors (Lipinski definition) is 2. The van der Waals surface area contributed by atoms with E-state index in [1.54, 1.807) is 36.4 Å². The summed E-state index contributed by atoms with van der Waals surface area (Å²) in [6.45, 7) is 0. The van der Waals surface area contributed by atoms with Crippen molar-refractivity contribution in [1.82, 2.24) is 5.43 Å². The molecule has 21 heavy (non-hydrogen) atoms. The summed E-state index contributed by atoms with van der Waals surface area (Å²) < 4.78 is 0. The van der Waals surface area contributed by atoms with Gasteiger partial charge < -0.3 is 5.21 Å². The van der Waals surface area contributed by atoms with Gasteiger partial charge in [-0.3, -0.25) is 4.79 Å². The van der Waals surface area contributed by atoms with Crippen LogP contribution in [0, 0.1) is 0 Å². The highest BCUT2D eigenvalue weighted by molar-refractivity contribution is 6.38. The van der Waals surface area contributed by atoms with Crippen LogP contribution in [0.4, 0.5) is 0 Å². The second-order valence-corrected chi connectivity index (χ2v) is 4.49. The third kappa shape index (κ3) is 4.15. The Morgan fingerprint density at radius 3 is 2.33 bits per heavy atom. The van der Waals surface area contributed by atoms with Gasteiger partial charge >= 0.3 is 0 Å². The number of carbonyl (C=O) groups is 1. The molecule has 0 heterocycles. The van der Waals surface area contributed by atoms with E-state index >= 15 is 0 Å². The molecule has 1 amide bonds. The number of nitrogens with one attached hydrogen (secondary N) is 1. The van der Waals surface area contributed by atoms with Crippen LogP contribution in [-0.2, 0) is 0 Å². The Labute approximate surface area is 126 Å². The van der Waals surface area contributed by atoms with Crippen LogP contribution in [-0.4, -0.2) is 23.0 Å². The third-order valence-electron chi connectivity index (χ3n) is 2.63. The van der Waals surface area contributed by atoms with Crippen molar-refractivity contribution in [2.24, 2.45) is 10.3 Å². The van der Waals surface area contributed by atoms with Crippen molar-refractivity contribution in [3.05, 3.63) is 70.7 Å². The monoisotopic (exact) mass is 301 g/mol. The van der Waals surface area contributed by atoms with Crippen molar-refractivity contribution in [3.8, 4) is 0 Å². The highest BCUT2D eigenvalue weighted by atomic mass is 35.5. The number of benzene rings is 2. The zero-order valence-corrected chi connectivity index (χ0v) is 11.7. The fourth-order valence-electron chi connectivity index (χ4n) is 1.61. The predicted molar refractivity (Wildman–Crippen MR) is 82.2 cm³/mol. The minimum absolute atomic E-state index is 0.334. The zero-order chi connectivity index (χ0) is 15.1. The number of halogens is 1. The number of nitrogens with zero attached hydrogens (tertiary/aromatic N) is 2. The van der Waals surface area contributed by atoms with Crippen molar-refractivity contribution < 1.29 is 10.0 Å². The minimum atomic E-state index is -0.383. The fourth-order valence-corrected chi connectivity index (χ4v) is 1.73. The van der Waals surface area contributed by atoms with Gasteiger partial charge in [0, 0.05) is 16.1 Å². The van der Waals surface area contributed by atoms with Crippen LogP contribution in [0.3, 0.4) is 0 Å². The third-order valence-corrected chi connectivity index (χ3v) is 2.89. The summed E-state index contributed by atoms with van der Waals surface area (Å²) >= 11 is 5.76. The van der Waals surface area contributed by atoms with Crippen molar-refractivity contribution >= 4 is 29.4 Å². The average molecular weight is 302 g/mol. The van der Waals surface area contributed by atoms with E-state index in [4.69, 9.17) is 16.8 Å². The molecule has 0 spiro atoms. The molecule has 0 aliphatic carbocycles. The van der Waals surface area contributed by atoms with Gasteiger partial charge in [0.05, 0.1) is 6.21 Å². The van der Waals surface area contributed by atoms with Crippen LogP contribution in [0.25, 0.3) is 0 Å². The van der Waals surface area contributed by atoms with Crippen LogP contribution < -0.4 is 5.43 Å². The summed E-state index contributed by atoms with van der Waals surface area (Å²) in [5.41, 5.74) is 3.88. The summed E-state index contributed by atoms with van der Waals surface area (Å²) in [7, 11) is 0. The van der Waals surface area contributed by atoms with Crippen LogP contribution in [0.2, 0.25) is 5.02 Å². The normalized spacial score (nSPS) is 11.6. The Bertz CT molecular complexity index is 667. The summed E-state index contributed by atoms with van der Waals surface area (Å²) in [5.74, 6) is -0.383. The Balaban J connectivity index is 2.16. The molecule has 0 aromatic heterocycles. The van der Waals surface area contributed by atoms with Crippen molar-refractivity contribution in [2.45, 2.75) is 0 Å². The van der Waals surface area contributed by atoms with Crippen LogP contribution in [0.1, 0.15) is 15.9 Å². The van der Waals surface area contributed by atoms with E-state index in [1.165, 1.54) is 0 Å². The molecular formula is C15H12ClN3O2. The van der Waals surface area contributed by atoms with E-state index in [0.717, 1.165) is 6.21 Å². The van der Waals surface area contributed by atoms with Gasteiger partial charge in [-0.1, -0.05) is 47.1 Å². The molecule has 0 fully saturated rings. The second kappa shape index (κ2) is 7.21. The molecule has 2 rings (SSSR count). The first kappa shape index (κ1) is 14.7. The van der Waals surface area contributed by atoms with Gasteiger partial charge in [-0.15, -0.1) is 0 Å². The number of carbonyl (C=O) groups excluding carboxylic acids is 1. The lowest BCUT2D eigenvalue weighted by Crippen LogP contribution is -2.20. The Hall–Kier alpha value is -2.66. The molecule has 6 heteroatoms. The standard InChI is InChI=1S/C15H12ClN3O2/c16-13-8-6-12(7-9-13)15(20)19-18-14(10-17-21)11-4-2-1-3-5-11/h1-10,21H,(H,19,20). The molecule has 0 unspecified atom stereocenters. The molecule has 0 bridgehead atoms. The van der Waals surface area contributed by atoms with E-state index in [1.807, 2.05) is 18.2 Å². The van der Waals surface area contributed by atoms with Crippen molar-refractivity contribution in [3.63, 3.8) is 0 Å². The average Bonchev–Trinajstić information content (AvgIpc) is 2.52. The molecule has 0 saturated carbocycles. The van der Waals surface area contributed by atoms with E-state index < -0.39 is 0 Å². The quantitative estimate of drug-likeness (QED) is 0.517. The SMILES string of the molecule is O=C(NN=C(C=NO)c1ccccc1)c1ccc(Cl)cc1. The maximum atomic E-state index is 11.9. The largest absolute Gasteiger partial charge is 0.411 e. The first-order valence-electron chi connectivity index (χ1n) is 6.07. The minimum Gasteiger partial charge on any atom is -0.411 e. The van der Waals surface area contributed by atoms with E-state index in [-0.39, 0.29) is 5.91 Å². The fraction of sp³-hybridized carbons (Fsp3) is 0. The van der Waals surface area contributed by atoms with Gasteiger partial charge in [0.15, 0.2) is 0 Å².